The fourth-order valence-electron chi connectivity index (χ4n) is 7.33. The number of ether oxygens (including phenoxy) is 7. The van der Waals surface area contributed by atoms with Gasteiger partial charge >= 0.3 is 23.9 Å². The van der Waals surface area contributed by atoms with Crippen LogP contribution in [-0.2, 0) is 42.9 Å². The maximum atomic E-state index is 14.6. The van der Waals surface area contributed by atoms with Gasteiger partial charge in [0.15, 0.2) is 24.1 Å². The molecular weight excluding hydrogens is 847 g/mol. The second-order valence-electron chi connectivity index (χ2n) is 17.2. The molecule has 63 heavy (non-hydrogen) atoms. The molecule has 3 heterocycles. The third-order valence-corrected chi connectivity index (χ3v) is 17.1. The van der Waals surface area contributed by atoms with E-state index in [0.29, 0.717) is 38.4 Å². The van der Waals surface area contributed by atoms with Crippen molar-refractivity contribution < 1.29 is 61.6 Å². The average molecular weight is 904 g/mol. The van der Waals surface area contributed by atoms with E-state index in [1.807, 2.05) is 36.4 Å². The predicted molar refractivity (Wildman–Crippen MR) is 239 cm³/mol. The van der Waals surface area contributed by atoms with Crippen LogP contribution < -0.4 is 13.9 Å². The molecule has 4 aromatic rings. The summed E-state index contributed by atoms with van der Waals surface area (Å²) in [6, 6.07) is 20.0. The number of methoxy groups -OCH3 is 1. The molecule has 0 amide bonds. The summed E-state index contributed by atoms with van der Waals surface area (Å²) in [6.07, 6.45) is -4.05. The molecule has 14 nitrogen and oxygen atoms in total. The first-order valence-electron chi connectivity index (χ1n) is 21.1. The Bertz CT molecular complexity index is 2280. The minimum Gasteiger partial charge on any atom is -0.544 e. The molecule has 6 rings (SSSR count). The zero-order valence-corrected chi connectivity index (χ0v) is 39.2. The van der Waals surface area contributed by atoms with Crippen LogP contribution in [-0.4, -0.2) is 107 Å². The number of likely N-dealkylation sites (tertiary alicyclic amines) is 1. The number of rotatable bonds is 15. The van der Waals surface area contributed by atoms with Gasteiger partial charge in [-0.15, -0.1) is 11.3 Å². The van der Waals surface area contributed by atoms with Gasteiger partial charge in [-0.2, -0.15) is 0 Å². The van der Waals surface area contributed by atoms with E-state index >= 15 is 0 Å². The molecule has 5 atom stereocenters. The maximum absolute atomic E-state index is 14.6. The fraction of sp³-hybridized carbons (Fsp3) is 0.468. The smallest absolute Gasteiger partial charge is 0.339 e. The topological polar surface area (TPSA) is 162 Å². The lowest BCUT2D eigenvalue weighted by Gasteiger charge is -2.43. The second kappa shape index (κ2) is 20.0. The summed E-state index contributed by atoms with van der Waals surface area (Å²) in [4.78, 5) is 67.7. The summed E-state index contributed by atoms with van der Waals surface area (Å²) >= 11 is 1.37. The van der Waals surface area contributed by atoms with Crippen LogP contribution in [0.3, 0.4) is 0 Å². The Morgan fingerprint density at radius 1 is 0.762 bits per heavy atom. The molecule has 3 aromatic carbocycles. The van der Waals surface area contributed by atoms with Crippen molar-refractivity contribution in [2.75, 3.05) is 33.4 Å². The van der Waals surface area contributed by atoms with Gasteiger partial charge in [0.05, 0.1) is 7.11 Å². The Kier molecular flexibility index (Phi) is 15.0. The highest BCUT2D eigenvalue weighted by atomic mass is 32.1. The van der Waals surface area contributed by atoms with Crippen LogP contribution in [0.2, 0.25) is 18.1 Å². The van der Waals surface area contributed by atoms with Gasteiger partial charge in [0.1, 0.15) is 23.9 Å². The molecule has 0 N–H and O–H groups in total. The Balaban J connectivity index is 1.35. The van der Waals surface area contributed by atoms with Gasteiger partial charge in [-0.05, 0) is 116 Å². The highest BCUT2D eigenvalue weighted by Gasteiger charge is 2.56. The third kappa shape index (κ3) is 11.5. The molecule has 0 bridgehead atoms. The number of thiophene rings is 1. The van der Waals surface area contributed by atoms with Gasteiger partial charge < -0.3 is 37.6 Å². The van der Waals surface area contributed by atoms with E-state index in [4.69, 9.17) is 37.6 Å². The Hall–Kier alpha value is -5.29. The standard InChI is InChI=1S/C47H57NO13SSi/c1-28(49)56-40-41(57-29(2)50)43(58-30(3)51)46(60-42(40)45(53)54-7)59-35-21-22-36-37(27-35)62-44(32-15-19-34(20-16-32)61-63(8,9)47(4,5)6)38(36)39(52)31-13-17-33(18-14-31)55-26-25-48-23-11-10-12-24-48/h13-22,27,40-43,46H,10-12,23-26H2,1-9H3/t40-,41+,42?,43+,46-/m1/s1. The third-order valence-electron chi connectivity index (χ3n) is 11.5. The summed E-state index contributed by atoms with van der Waals surface area (Å²) in [7, 11) is -1.02. The van der Waals surface area contributed by atoms with Crippen molar-refractivity contribution in [3.63, 3.8) is 0 Å². The molecule has 0 spiro atoms. The van der Waals surface area contributed by atoms with Gasteiger partial charge in [0, 0.05) is 53.4 Å². The molecule has 0 radical (unpaired) electrons. The van der Waals surface area contributed by atoms with Gasteiger partial charge in [-0.25, -0.2) is 4.79 Å². The summed E-state index contributed by atoms with van der Waals surface area (Å²) in [5.74, 6) is -1.92. The van der Waals surface area contributed by atoms with Crippen molar-refractivity contribution in [1.29, 1.82) is 0 Å². The molecule has 2 aliphatic rings. The van der Waals surface area contributed by atoms with Crippen LogP contribution in [0, 0.1) is 0 Å². The Morgan fingerprint density at radius 2 is 1.35 bits per heavy atom. The van der Waals surface area contributed by atoms with Crippen LogP contribution in [0.5, 0.6) is 17.2 Å². The van der Waals surface area contributed by atoms with Crippen molar-refractivity contribution in [2.24, 2.45) is 0 Å². The Morgan fingerprint density at radius 3 is 1.95 bits per heavy atom. The van der Waals surface area contributed by atoms with Crippen LogP contribution in [0.15, 0.2) is 66.7 Å². The molecule has 0 aliphatic carbocycles. The molecule has 1 unspecified atom stereocenters. The van der Waals surface area contributed by atoms with E-state index < -0.39 is 62.9 Å². The summed E-state index contributed by atoms with van der Waals surface area (Å²) < 4.78 is 47.0. The van der Waals surface area contributed by atoms with Crippen molar-refractivity contribution >= 4 is 59.4 Å². The van der Waals surface area contributed by atoms with Crippen molar-refractivity contribution in [3.8, 4) is 27.7 Å². The van der Waals surface area contributed by atoms with E-state index in [0.717, 1.165) is 58.8 Å². The van der Waals surface area contributed by atoms with Gasteiger partial charge in [-0.1, -0.05) is 27.2 Å². The van der Waals surface area contributed by atoms with E-state index in [-0.39, 0.29) is 16.6 Å². The van der Waals surface area contributed by atoms with E-state index in [1.54, 1.807) is 30.3 Å². The monoisotopic (exact) mass is 903 g/mol. The maximum Gasteiger partial charge on any atom is 0.339 e. The predicted octanol–water partition coefficient (Wildman–Crippen LogP) is 8.12. The van der Waals surface area contributed by atoms with Crippen molar-refractivity contribution in [3.05, 3.63) is 77.9 Å². The van der Waals surface area contributed by atoms with E-state index in [2.05, 4.69) is 38.8 Å². The number of carbonyl (C=O) groups is 5. The van der Waals surface area contributed by atoms with Gasteiger partial charge in [0.2, 0.25) is 20.7 Å². The summed E-state index contributed by atoms with van der Waals surface area (Å²) in [6.45, 7) is 17.8. The number of nitrogens with zero attached hydrogens (tertiary/aromatic N) is 1. The highest BCUT2D eigenvalue weighted by Crippen LogP contribution is 2.43. The number of benzene rings is 3. The van der Waals surface area contributed by atoms with Crippen LogP contribution in [0.25, 0.3) is 20.5 Å². The first-order valence-corrected chi connectivity index (χ1v) is 24.8. The van der Waals surface area contributed by atoms with Gasteiger partial charge in [-0.3, -0.25) is 24.1 Å². The first-order chi connectivity index (χ1) is 29.8. The molecule has 2 fully saturated rings. The summed E-state index contributed by atoms with van der Waals surface area (Å²) in [5.41, 5.74) is 1.76. The molecule has 16 heteroatoms. The molecule has 0 saturated carbocycles. The quantitative estimate of drug-likeness (QED) is 0.0487. The van der Waals surface area contributed by atoms with Crippen LogP contribution in [0.4, 0.5) is 0 Å². The first kappa shape index (κ1) is 47.2. The zero-order chi connectivity index (χ0) is 45.6. The molecule has 338 valence electrons. The lowest BCUT2D eigenvalue weighted by Crippen LogP contribution is -2.64. The van der Waals surface area contributed by atoms with E-state index in [9.17, 15) is 24.0 Å². The van der Waals surface area contributed by atoms with Crippen molar-refractivity contribution in [1.82, 2.24) is 4.90 Å². The SMILES string of the molecule is COC(=O)C1O[C@@H](Oc2ccc3c(C(=O)c4ccc(OCCN5CCCCC5)cc4)c(-c4ccc(O[Si](C)(C)C(C)(C)C)cc4)sc3c2)[C@@H](OC(C)=O)[C@@H](OC(C)=O)[C@H]1OC(C)=O. The lowest BCUT2D eigenvalue weighted by atomic mass is 9.97. The normalized spacial score (nSPS) is 20.6. The molecule has 2 saturated heterocycles. The van der Waals surface area contributed by atoms with Gasteiger partial charge in [0.25, 0.3) is 0 Å². The second-order valence-corrected chi connectivity index (χ2v) is 23.0. The number of carbonyl (C=O) groups excluding carboxylic acids is 5. The highest BCUT2D eigenvalue weighted by molar-refractivity contribution is 7.22. The number of ketones is 1. The van der Waals surface area contributed by atoms with Crippen LogP contribution >= 0.6 is 11.3 Å². The number of esters is 4. The minimum atomic E-state index is -2.13. The molecule has 1 aromatic heterocycles. The Labute approximate surface area is 373 Å². The molecule has 2 aliphatic heterocycles. The number of hydrogen-bond donors (Lipinski definition) is 0. The summed E-state index contributed by atoms with van der Waals surface area (Å²) in [5, 5.41) is 0.647. The minimum absolute atomic E-state index is 0.00306. The number of fused-ring (bicyclic) bond motifs is 1. The molecular formula is C47H57NO13SSi. The fourth-order valence-corrected chi connectivity index (χ4v) is 9.60. The lowest BCUT2D eigenvalue weighted by molar-refractivity contribution is -0.282. The number of piperidine rings is 1. The van der Waals surface area contributed by atoms with Crippen LogP contribution in [0.1, 0.15) is 76.7 Å². The number of hydrogen-bond acceptors (Lipinski definition) is 15. The van der Waals surface area contributed by atoms with Crippen molar-refractivity contribution in [2.45, 2.75) is 110 Å². The average Bonchev–Trinajstić information content (AvgIpc) is 3.61. The zero-order valence-electron chi connectivity index (χ0n) is 37.4. The van der Waals surface area contributed by atoms with E-state index in [1.165, 1.54) is 30.6 Å². The largest absolute Gasteiger partial charge is 0.544 e.